The third kappa shape index (κ3) is 4.32. The van der Waals surface area contributed by atoms with E-state index in [0.717, 1.165) is 5.56 Å². The van der Waals surface area contributed by atoms with Crippen LogP contribution in [0.1, 0.15) is 17.5 Å². The first-order valence-corrected chi connectivity index (χ1v) is 9.23. The molecule has 3 rings (SSSR count). The zero-order valence-corrected chi connectivity index (χ0v) is 16.7. The van der Waals surface area contributed by atoms with Crippen LogP contribution >= 0.6 is 0 Å². The first kappa shape index (κ1) is 20.2. The molecular weight excluding hydrogens is 370 g/mol. The third-order valence-electron chi connectivity index (χ3n) is 5.03. The van der Waals surface area contributed by atoms with Crippen LogP contribution in [0.5, 0.6) is 11.5 Å². The van der Waals surface area contributed by atoms with Gasteiger partial charge in [-0.15, -0.1) is 0 Å². The highest BCUT2D eigenvalue weighted by molar-refractivity contribution is 6.01. The number of hydrogen-bond acceptors (Lipinski definition) is 5. The molecule has 0 bridgehead atoms. The second-order valence-electron chi connectivity index (χ2n) is 6.95. The number of methoxy groups -OCH3 is 2. The van der Waals surface area contributed by atoms with Crippen LogP contribution in [0.3, 0.4) is 0 Å². The van der Waals surface area contributed by atoms with Crippen LogP contribution in [-0.2, 0) is 16.1 Å². The fraction of sp³-hybridized carbons (Fsp3) is 0.318. The summed E-state index contributed by atoms with van der Waals surface area (Å²) in [6, 6.07) is 14.4. The van der Waals surface area contributed by atoms with Gasteiger partial charge in [0.2, 0.25) is 11.8 Å². The maximum Gasteiger partial charge on any atom is 0.228 e. The molecule has 0 spiro atoms. The molecule has 2 amide bonds. The van der Waals surface area contributed by atoms with Gasteiger partial charge in [0.25, 0.3) is 0 Å². The summed E-state index contributed by atoms with van der Waals surface area (Å²) in [6.45, 7) is 0.721. The van der Waals surface area contributed by atoms with Gasteiger partial charge >= 0.3 is 0 Å². The van der Waals surface area contributed by atoms with E-state index < -0.39 is 5.92 Å². The van der Waals surface area contributed by atoms with Crippen molar-refractivity contribution in [2.75, 3.05) is 32.7 Å². The Labute approximate surface area is 170 Å². The number of hydrogen-bond donors (Lipinski definition) is 0. The van der Waals surface area contributed by atoms with Crippen molar-refractivity contribution in [3.8, 4) is 17.6 Å². The summed E-state index contributed by atoms with van der Waals surface area (Å²) in [7, 11) is 4.82. The number of nitrogens with zero attached hydrogens (tertiary/aromatic N) is 3. The van der Waals surface area contributed by atoms with Gasteiger partial charge < -0.3 is 19.3 Å². The van der Waals surface area contributed by atoms with Crippen molar-refractivity contribution in [2.45, 2.75) is 13.0 Å². The molecule has 0 aliphatic carbocycles. The predicted octanol–water partition coefficient (Wildman–Crippen LogP) is 2.59. The largest absolute Gasteiger partial charge is 0.497 e. The third-order valence-corrected chi connectivity index (χ3v) is 5.03. The zero-order valence-electron chi connectivity index (χ0n) is 16.7. The van der Waals surface area contributed by atoms with Crippen molar-refractivity contribution in [1.29, 1.82) is 5.26 Å². The van der Waals surface area contributed by atoms with E-state index in [1.165, 1.54) is 7.11 Å². The second-order valence-corrected chi connectivity index (χ2v) is 6.95. The maximum absolute atomic E-state index is 12.9. The van der Waals surface area contributed by atoms with Crippen molar-refractivity contribution < 1.29 is 19.1 Å². The van der Waals surface area contributed by atoms with Gasteiger partial charge in [0.15, 0.2) is 0 Å². The summed E-state index contributed by atoms with van der Waals surface area (Å²) < 4.78 is 10.6. The average Bonchev–Trinajstić information content (AvgIpc) is 3.14. The van der Waals surface area contributed by atoms with Gasteiger partial charge in [-0.2, -0.15) is 5.26 Å². The molecule has 1 fully saturated rings. The van der Waals surface area contributed by atoms with Gasteiger partial charge in [-0.3, -0.25) is 9.59 Å². The fourth-order valence-electron chi connectivity index (χ4n) is 3.46. The molecule has 1 heterocycles. The number of ether oxygens (including phenoxy) is 2. The van der Waals surface area contributed by atoms with Gasteiger partial charge in [-0.25, -0.2) is 0 Å². The Balaban J connectivity index is 1.70. The smallest absolute Gasteiger partial charge is 0.228 e. The van der Waals surface area contributed by atoms with E-state index in [2.05, 4.69) is 6.07 Å². The first-order valence-electron chi connectivity index (χ1n) is 9.23. The number of carbonyl (C=O) groups excluding carboxylic acids is 2. The summed E-state index contributed by atoms with van der Waals surface area (Å²) in [5.74, 6) is 0.540. The highest BCUT2D eigenvalue weighted by Crippen LogP contribution is 2.36. The Kier molecular flexibility index (Phi) is 6.03. The van der Waals surface area contributed by atoms with Gasteiger partial charge in [0.1, 0.15) is 11.5 Å². The Morgan fingerprint density at radius 2 is 1.93 bits per heavy atom. The van der Waals surface area contributed by atoms with Gasteiger partial charge in [0.05, 0.1) is 37.5 Å². The van der Waals surface area contributed by atoms with Crippen LogP contribution in [0.4, 0.5) is 5.69 Å². The molecule has 0 radical (unpaired) electrons. The Bertz CT molecular complexity index is 950. The molecule has 1 atom stereocenters. The van der Waals surface area contributed by atoms with E-state index in [-0.39, 0.29) is 18.2 Å². The molecule has 29 heavy (non-hydrogen) atoms. The van der Waals surface area contributed by atoms with E-state index >= 15 is 0 Å². The van der Waals surface area contributed by atoms with Gasteiger partial charge in [0, 0.05) is 32.6 Å². The highest BCUT2D eigenvalue weighted by atomic mass is 16.5. The number of amides is 2. The lowest BCUT2D eigenvalue weighted by Crippen LogP contribution is -2.34. The molecule has 7 heteroatoms. The Hall–Kier alpha value is -3.53. The van der Waals surface area contributed by atoms with E-state index in [1.54, 1.807) is 54.3 Å². The lowest BCUT2D eigenvalue weighted by molar-refractivity contribution is -0.135. The molecule has 1 aliphatic rings. The zero-order chi connectivity index (χ0) is 21.0. The lowest BCUT2D eigenvalue weighted by Gasteiger charge is -2.22. The molecule has 7 nitrogen and oxygen atoms in total. The van der Waals surface area contributed by atoms with Crippen molar-refractivity contribution in [3.05, 3.63) is 53.6 Å². The monoisotopic (exact) mass is 393 g/mol. The Morgan fingerprint density at radius 1 is 1.21 bits per heavy atom. The normalized spacial score (nSPS) is 15.7. The summed E-state index contributed by atoms with van der Waals surface area (Å²) in [5, 5.41) is 8.89. The standard InChI is InChI=1S/C22H23N3O4/c1-24(13-16-6-4-15(12-23)5-7-16)22(27)17-10-21(26)25(14-17)19-9-8-18(28-2)11-20(19)29-3/h4-9,11,17H,10,13-14H2,1-3H3. The minimum atomic E-state index is -0.419. The SMILES string of the molecule is COc1ccc(N2CC(C(=O)N(C)Cc3ccc(C#N)cc3)CC2=O)c(OC)c1. The number of benzene rings is 2. The van der Waals surface area contributed by atoms with Crippen molar-refractivity contribution in [1.82, 2.24) is 4.90 Å². The van der Waals surface area contributed by atoms with Crippen molar-refractivity contribution in [2.24, 2.45) is 5.92 Å². The molecule has 1 saturated heterocycles. The number of nitriles is 1. The van der Waals surface area contributed by atoms with Crippen LogP contribution in [0.25, 0.3) is 0 Å². The topological polar surface area (TPSA) is 82.9 Å². The highest BCUT2D eigenvalue weighted by Gasteiger charge is 2.37. The fourth-order valence-corrected chi connectivity index (χ4v) is 3.46. The van der Waals surface area contributed by atoms with Gasteiger partial charge in [-0.05, 0) is 29.8 Å². The van der Waals surface area contributed by atoms with E-state index in [9.17, 15) is 9.59 Å². The minimum absolute atomic E-state index is 0.0855. The molecular formula is C22H23N3O4. The number of carbonyl (C=O) groups is 2. The Morgan fingerprint density at radius 3 is 2.55 bits per heavy atom. The quantitative estimate of drug-likeness (QED) is 0.753. The van der Waals surface area contributed by atoms with Crippen LogP contribution in [0, 0.1) is 17.2 Å². The first-order chi connectivity index (χ1) is 14.0. The molecule has 0 N–H and O–H groups in total. The van der Waals surface area contributed by atoms with Gasteiger partial charge in [-0.1, -0.05) is 12.1 Å². The maximum atomic E-state index is 12.9. The van der Waals surface area contributed by atoms with Crippen LogP contribution in [0.2, 0.25) is 0 Å². The van der Waals surface area contributed by atoms with E-state index in [1.807, 2.05) is 12.1 Å². The van der Waals surface area contributed by atoms with E-state index in [4.69, 9.17) is 14.7 Å². The number of rotatable bonds is 6. The summed E-state index contributed by atoms with van der Waals surface area (Å²) in [4.78, 5) is 28.7. The summed E-state index contributed by atoms with van der Waals surface area (Å²) in [6.07, 6.45) is 0.158. The van der Waals surface area contributed by atoms with Crippen LogP contribution in [0.15, 0.2) is 42.5 Å². The molecule has 150 valence electrons. The molecule has 1 aliphatic heterocycles. The second kappa shape index (κ2) is 8.65. The predicted molar refractivity (Wildman–Crippen MR) is 108 cm³/mol. The molecule has 0 aromatic heterocycles. The molecule has 2 aromatic carbocycles. The average molecular weight is 393 g/mol. The summed E-state index contributed by atoms with van der Waals surface area (Å²) >= 11 is 0. The van der Waals surface area contributed by atoms with Crippen molar-refractivity contribution >= 4 is 17.5 Å². The minimum Gasteiger partial charge on any atom is -0.497 e. The lowest BCUT2D eigenvalue weighted by atomic mass is 10.1. The van der Waals surface area contributed by atoms with Crippen molar-refractivity contribution in [3.63, 3.8) is 0 Å². The van der Waals surface area contributed by atoms with Crippen LogP contribution in [-0.4, -0.2) is 44.5 Å². The molecule has 0 saturated carbocycles. The van der Waals surface area contributed by atoms with Crippen LogP contribution < -0.4 is 14.4 Å². The number of anilines is 1. The van der Waals surface area contributed by atoms with E-state index in [0.29, 0.717) is 35.8 Å². The molecule has 2 aromatic rings. The molecule has 1 unspecified atom stereocenters. The summed E-state index contributed by atoms with van der Waals surface area (Å²) in [5.41, 5.74) is 2.13.